The number of hydrogen-bond donors (Lipinski definition) is 1. The SMILES string of the molecule is COc1ccc(-n2nc(C)c3c2NC(=O)CC3C(=O)c2ccc(Br)cc2)cc1. The Bertz CT molecular complexity index is 1060. The van der Waals surface area contributed by atoms with E-state index in [0.717, 1.165) is 27.2 Å². The maximum atomic E-state index is 13.2. The third-order valence-electron chi connectivity index (χ3n) is 4.86. The van der Waals surface area contributed by atoms with E-state index in [1.54, 1.807) is 23.9 Å². The molecule has 142 valence electrons. The third kappa shape index (κ3) is 3.22. The monoisotopic (exact) mass is 439 g/mol. The minimum Gasteiger partial charge on any atom is -0.497 e. The van der Waals surface area contributed by atoms with Gasteiger partial charge >= 0.3 is 0 Å². The number of aromatic nitrogens is 2. The lowest BCUT2D eigenvalue weighted by Gasteiger charge is -2.23. The summed E-state index contributed by atoms with van der Waals surface area (Å²) < 4.78 is 7.77. The molecule has 0 radical (unpaired) electrons. The molecule has 28 heavy (non-hydrogen) atoms. The van der Waals surface area contributed by atoms with Gasteiger partial charge in [0, 0.05) is 22.0 Å². The van der Waals surface area contributed by atoms with Crippen molar-refractivity contribution in [1.29, 1.82) is 0 Å². The number of aryl methyl sites for hydroxylation is 1. The van der Waals surface area contributed by atoms with Crippen molar-refractivity contribution >= 4 is 33.4 Å². The molecule has 1 atom stereocenters. The predicted molar refractivity (Wildman–Crippen MR) is 109 cm³/mol. The summed E-state index contributed by atoms with van der Waals surface area (Å²) in [5, 5.41) is 7.49. The van der Waals surface area contributed by atoms with Gasteiger partial charge in [-0.3, -0.25) is 9.59 Å². The first-order valence-electron chi connectivity index (χ1n) is 8.81. The van der Waals surface area contributed by atoms with Gasteiger partial charge in [-0.05, 0) is 43.3 Å². The fourth-order valence-corrected chi connectivity index (χ4v) is 3.76. The summed E-state index contributed by atoms with van der Waals surface area (Å²) in [4.78, 5) is 25.5. The summed E-state index contributed by atoms with van der Waals surface area (Å²) in [6.45, 7) is 1.86. The molecular weight excluding hydrogens is 422 g/mol. The third-order valence-corrected chi connectivity index (χ3v) is 5.39. The predicted octanol–water partition coefficient (Wildman–Crippen LogP) is 4.26. The number of rotatable bonds is 4. The van der Waals surface area contributed by atoms with Crippen molar-refractivity contribution < 1.29 is 14.3 Å². The number of ketones is 1. The Morgan fingerprint density at radius 1 is 1.18 bits per heavy atom. The number of anilines is 1. The molecule has 0 spiro atoms. The number of nitrogens with one attached hydrogen (secondary N) is 1. The number of carbonyl (C=O) groups is 2. The zero-order valence-corrected chi connectivity index (χ0v) is 17.0. The van der Waals surface area contributed by atoms with Crippen LogP contribution in [0.1, 0.15) is 34.0 Å². The van der Waals surface area contributed by atoms with Crippen LogP contribution in [0.25, 0.3) is 5.69 Å². The molecule has 6 nitrogen and oxygen atoms in total. The minimum atomic E-state index is -0.558. The zero-order valence-electron chi connectivity index (χ0n) is 15.4. The molecule has 1 unspecified atom stereocenters. The Labute approximate surface area is 170 Å². The van der Waals surface area contributed by atoms with Gasteiger partial charge in [0.25, 0.3) is 0 Å². The highest BCUT2D eigenvalue weighted by atomic mass is 79.9. The standard InChI is InChI=1S/C21H18BrN3O3/c1-12-19-17(20(27)13-3-5-14(22)6-4-13)11-18(26)23-21(19)25(24-12)15-7-9-16(28-2)10-8-15/h3-10,17H,11H2,1-2H3,(H,23,26). The van der Waals surface area contributed by atoms with Crippen LogP contribution in [0.15, 0.2) is 53.0 Å². The van der Waals surface area contributed by atoms with Gasteiger partial charge < -0.3 is 10.1 Å². The van der Waals surface area contributed by atoms with Gasteiger partial charge in [-0.25, -0.2) is 4.68 Å². The number of halogens is 1. The Morgan fingerprint density at radius 3 is 2.50 bits per heavy atom. The number of hydrogen-bond acceptors (Lipinski definition) is 4. The number of benzene rings is 2. The summed E-state index contributed by atoms with van der Waals surface area (Å²) in [6.07, 6.45) is 0.108. The largest absolute Gasteiger partial charge is 0.497 e. The first-order chi connectivity index (χ1) is 13.5. The van der Waals surface area contributed by atoms with E-state index in [2.05, 4.69) is 26.3 Å². The summed E-state index contributed by atoms with van der Waals surface area (Å²) in [6, 6.07) is 14.6. The van der Waals surface area contributed by atoms with Crippen molar-refractivity contribution in [3.8, 4) is 11.4 Å². The van der Waals surface area contributed by atoms with E-state index in [4.69, 9.17) is 4.74 Å². The van der Waals surface area contributed by atoms with Gasteiger partial charge in [0.2, 0.25) is 5.91 Å². The van der Waals surface area contributed by atoms with E-state index < -0.39 is 5.92 Å². The van der Waals surface area contributed by atoms with Crippen molar-refractivity contribution in [1.82, 2.24) is 9.78 Å². The topological polar surface area (TPSA) is 73.2 Å². The van der Waals surface area contributed by atoms with Crippen molar-refractivity contribution in [3.05, 3.63) is 69.8 Å². The van der Waals surface area contributed by atoms with Crippen molar-refractivity contribution in [2.75, 3.05) is 12.4 Å². The van der Waals surface area contributed by atoms with Gasteiger partial charge in [0.05, 0.1) is 24.4 Å². The number of Topliss-reactive ketones (excluding diaryl/α,β-unsaturated/α-hetero) is 1. The highest BCUT2D eigenvalue weighted by Gasteiger charge is 2.36. The molecule has 1 aliphatic rings. The van der Waals surface area contributed by atoms with Crippen LogP contribution in [-0.2, 0) is 4.79 Å². The highest BCUT2D eigenvalue weighted by molar-refractivity contribution is 9.10. The Morgan fingerprint density at radius 2 is 1.86 bits per heavy atom. The van der Waals surface area contributed by atoms with Gasteiger partial charge in [-0.2, -0.15) is 5.10 Å². The number of fused-ring (bicyclic) bond motifs is 1. The van der Waals surface area contributed by atoms with E-state index in [9.17, 15) is 9.59 Å². The maximum absolute atomic E-state index is 13.2. The van der Waals surface area contributed by atoms with Crippen LogP contribution in [-0.4, -0.2) is 28.6 Å². The van der Waals surface area contributed by atoms with E-state index in [1.807, 2.05) is 43.3 Å². The van der Waals surface area contributed by atoms with Gasteiger partial charge in [0.1, 0.15) is 11.6 Å². The smallest absolute Gasteiger partial charge is 0.226 e. The molecule has 0 aliphatic carbocycles. The second kappa shape index (κ2) is 7.24. The number of amides is 1. The van der Waals surface area contributed by atoms with Crippen LogP contribution in [0.5, 0.6) is 5.75 Å². The number of methoxy groups -OCH3 is 1. The van der Waals surface area contributed by atoms with E-state index in [1.165, 1.54) is 0 Å². The average Bonchev–Trinajstić information content (AvgIpc) is 3.03. The molecule has 1 aromatic heterocycles. The molecule has 7 heteroatoms. The molecule has 4 rings (SSSR count). The van der Waals surface area contributed by atoms with Crippen molar-refractivity contribution in [2.24, 2.45) is 0 Å². The maximum Gasteiger partial charge on any atom is 0.226 e. The van der Waals surface area contributed by atoms with Crippen LogP contribution in [0.3, 0.4) is 0 Å². The molecule has 0 saturated heterocycles. The summed E-state index contributed by atoms with van der Waals surface area (Å²) in [5.41, 5.74) is 2.84. The van der Waals surface area contributed by atoms with Crippen molar-refractivity contribution in [2.45, 2.75) is 19.3 Å². The normalized spacial score (nSPS) is 15.7. The molecule has 2 aromatic carbocycles. The van der Waals surface area contributed by atoms with Crippen LogP contribution >= 0.6 is 15.9 Å². The fourth-order valence-electron chi connectivity index (χ4n) is 3.50. The summed E-state index contributed by atoms with van der Waals surface area (Å²) >= 11 is 3.38. The molecule has 0 fully saturated rings. The summed E-state index contributed by atoms with van der Waals surface area (Å²) in [7, 11) is 1.60. The van der Waals surface area contributed by atoms with Gasteiger partial charge in [-0.15, -0.1) is 0 Å². The lowest BCUT2D eigenvalue weighted by Crippen LogP contribution is -2.28. The first kappa shape index (κ1) is 18.4. The van der Waals surface area contributed by atoms with Crippen LogP contribution in [0, 0.1) is 6.92 Å². The molecule has 1 amide bonds. The van der Waals surface area contributed by atoms with E-state index in [0.29, 0.717) is 11.4 Å². The van der Waals surface area contributed by atoms with E-state index in [-0.39, 0.29) is 18.1 Å². The quantitative estimate of drug-likeness (QED) is 0.616. The molecule has 3 aromatic rings. The molecule has 0 bridgehead atoms. The molecular formula is C21H18BrN3O3. The van der Waals surface area contributed by atoms with Gasteiger partial charge in [0.15, 0.2) is 5.78 Å². The second-order valence-electron chi connectivity index (χ2n) is 6.63. The lowest BCUT2D eigenvalue weighted by molar-refractivity contribution is -0.116. The second-order valence-corrected chi connectivity index (χ2v) is 7.55. The number of carbonyl (C=O) groups excluding carboxylic acids is 2. The molecule has 1 aliphatic heterocycles. The fraction of sp³-hybridized carbons (Fsp3) is 0.190. The van der Waals surface area contributed by atoms with Crippen LogP contribution < -0.4 is 10.1 Å². The molecule has 0 saturated carbocycles. The first-order valence-corrected chi connectivity index (χ1v) is 9.61. The Hall–Kier alpha value is -2.93. The lowest BCUT2D eigenvalue weighted by atomic mass is 9.85. The molecule has 2 heterocycles. The van der Waals surface area contributed by atoms with Crippen LogP contribution in [0.2, 0.25) is 0 Å². The summed E-state index contributed by atoms with van der Waals surface area (Å²) in [5.74, 6) is 0.443. The molecule has 1 N–H and O–H groups in total. The number of nitrogens with zero attached hydrogens (tertiary/aromatic N) is 2. The minimum absolute atomic E-state index is 0.0824. The Balaban J connectivity index is 1.78. The van der Waals surface area contributed by atoms with E-state index >= 15 is 0 Å². The zero-order chi connectivity index (χ0) is 19.8. The van der Waals surface area contributed by atoms with Crippen molar-refractivity contribution in [3.63, 3.8) is 0 Å². The van der Waals surface area contributed by atoms with Gasteiger partial charge in [-0.1, -0.05) is 28.1 Å². The number of ether oxygens (including phenoxy) is 1. The van der Waals surface area contributed by atoms with Crippen LogP contribution in [0.4, 0.5) is 5.82 Å². The highest BCUT2D eigenvalue weighted by Crippen LogP contribution is 2.38. The Kier molecular flexibility index (Phi) is 4.77. The average molecular weight is 440 g/mol.